The molecule has 3 nitrogen and oxygen atoms in total. The molecule has 1 aliphatic rings. The van der Waals surface area contributed by atoms with Gasteiger partial charge in [0.25, 0.3) is 0 Å². The molecule has 1 fully saturated rings. The number of ether oxygens (including phenoxy) is 1. The lowest BCUT2D eigenvalue weighted by Gasteiger charge is -2.36. The van der Waals surface area contributed by atoms with Gasteiger partial charge in [0, 0.05) is 12.2 Å². The van der Waals surface area contributed by atoms with Gasteiger partial charge in [-0.25, -0.2) is 4.79 Å². The topological polar surface area (TPSA) is 29.3 Å². The Kier molecular flexibility index (Phi) is 4.23. The summed E-state index contributed by atoms with van der Waals surface area (Å²) in [5.74, 6) is -0.0291. The van der Waals surface area contributed by atoms with E-state index in [1.165, 1.54) is 7.11 Å². The Bertz CT molecular complexity index is 464. The van der Waals surface area contributed by atoms with Crippen molar-refractivity contribution in [2.75, 3.05) is 18.6 Å². The summed E-state index contributed by atoms with van der Waals surface area (Å²) in [4.78, 5) is 14.8. The molecule has 0 N–H and O–H groups in total. The average molecular weight is 291 g/mol. The highest BCUT2D eigenvalue weighted by molar-refractivity contribution is 6.87. The largest absolute Gasteiger partial charge is 0.467 e. The van der Waals surface area contributed by atoms with Crippen LogP contribution < -0.4 is 4.90 Å². The molecule has 1 atom stereocenters. The van der Waals surface area contributed by atoms with E-state index in [0.29, 0.717) is 0 Å². The van der Waals surface area contributed by atoms with Crippen molar-refractivity contribution in [3.8, 4) is 0 Å². The molecule has 2 rings (SSSR count). The molecule has 1 aliphatic heterocycles. The van der Waals surface area contributed by atoms with Crippen molar-refractivity contribution < 1.29 is 9.53 Å². The molecule has 0 aromatic heterocycles. The molecule has 110 valence electrons. The van der Waals surface area contributed by atoms with Crippen molar-refractivity contribution in [2.24, 2.45) is 0 Å². The number of rotatable bonds is 6. The minimum atomic E-state index is -1.71. The molecule has 0 saturated carbocycles. The number of methoxy groups -OCH3 is 1. The second-order valence-electron chi connectivity index (χ2n) is 5.61. The van der Waals surface area contributed by atoms with Crippen molar-refractivity contribution in [3.63, 3.8) is 0 Å². The third-order valence-corrected chi connectivity index (χ3v) is 11.7. The van der Waals surface area contributed by atoms with E-state index < -0.39 is 8.07 Å². The zero-order valence-corrected chi connectivity index (χ0v) is 14.0. The second kappa shape index (κ2) is 5.60. The van der Waals surface area contributed by atoms with E-state index in [0.717, 1.165) is 30.4 Å². The smallest absolute Gasteiger partial charge is 0.330 e. The van der Waals surface area contributed by atoms with Crippen molar-refractivity contribution in [2.45, 2.75) is 44.1 Å². The molecule has 1 heterocycles. The summed E-state index contributed by atoms with van der Waals surface area (Å²) in [6.45, 7) is 7.55. The number of anilines is 1. The fraction of sp³-hybridized carbons (Fsp3) is 0.562. The van der Waals surface area contributed by atoms with Gasteiger partial charge in [-0.2, -0.15) is 0 Å². The molecule has 0 spiro atoms. The van der Waals surface area contributed by atoms with Crippen LogP contribution in [-0.4, -0.2) is 32.9 Å². The fourth-order valence-corrected chi connectivity index (χ4v) is 8.74. The fourth-order valence-electron chi connectivity index (χ4n) is 3.75. The summed E-state index contributed by atoms with van der Waals surface area (Å²) in [7, 11) is -0.193. The molecule has 0 radical (unpaired) electrons. The molecule has 4 heteroatoms. The van der Waals surface area contributed by atoms with E-state index in [1.807, 2.05) is 18.2 Å². The first-order chi connectivity index (χ1) is 9.61. The zero-order chi connectivity index (χ0) is 14.8. The highest BCUT2D eigenvalue weighted by Crippen LogP contribution is 2.49. The lowest BCUT2D eigenvalue weighted by atomic mass is 10.3. The van der Waals surface area contributed by atoms with Gasteiger partial charge in [0.1, 0.15) is 5.16 Å². The first-order valence-corrected chi connectivity index (χ1v) is 10.1. The van der Waals surface area contributed by atoms with Crippen molar-refractivity contribution in [1.29, 1.82) is 0 Å². The Morgan fingerprint density at radius 3 is 2.20 bits per heavy atom. The predicted molar refractivity (Wildman–Crippen MR) is 85.7 cm³/mol. The number of nitrogens with zero attached hydrogens (tertiary/aromatic N) is 1. The summed E-state index contributed by atoms with van der Waals surface area (Å²) >= 11 is 0. The van der Waals surface area contributed by atoms with E-state index in [9.17, 15) is 4.79 Å². The normalized spacial score (nSPS) is 21.7. The lowest BCUT2D eigenvalue weighted by Crippen LogP contribution is -2.57. The van der Waals surface area contributed by atoms with Crippen LogP contribution in [0.15, 0.2) is 30.3 Å². The maximum atomic E-state index is 12.6. The molecule has 1 saturated heterocycles. The van der Waals surface area contributed by atoms with Crippen molar-refractivity contribution in [3.05, 3.63) is 30.3 Å². The van der Waals surface area contributed by atoms with E-state index in [2.05, 4.69) is 37.8 Å². The van der Waals surface area contributed by atoms with Gasteiger partial charge in [-0.05, 0) is 12.1 Å². The number of hydrogen-bond acceptors (Lipinski definition) is 3. The van der Waals surface area contributed by atoms with Crippen LogP contribution in [0.25, 0.3) is 0 Å². The number of para-hydroxylation sites is 1. The van der Waals surface area contributed by atoms with Crippen LogP contribution in [0.3, 0.4) is 0 Å². The maximum Gasteiger partial charge on any atom is 0.330 e. The lowest BCUT2D eigenvalue weighted by molar-refractivity contribution is -0.141. The summed E-state index contributed by atoms with van der Waals surface area (Å²) < 4.78 is 5.19. The quantitative estimate of drug-likeness (QED) is 0.456. The van der Waals surface area contributed by atoms with Crippen molar-refractivity contribution >= 4 is 19.7 Å². The van der Waals surface area contributed by atoms with Gasteiger partial charge < -0.3 is 9.64 Å². The summed E-state index contributed by atoms with van der Waals surface area (Å²) in [5.41, 5.74) is 1.14. The number of benzene rings is 1. The Balaban J connectivity index is 2.43. The van der Waals surface area contributed by atoms with Crippen LogP contribution in [-0.2, 0) is 9.53 Å². The van der Waals surface area contributed by atoms with Gasteiger partial charge in [-0.3, -0.25) is 0 Å². The molecule has 0 bridgehead atoms. The predicted octanol–water partition coefficient (Wildman–Crippen LogP) is 3.47. The number of carbonyl (C=O) groups excluding carboxylic acids is 1. The Morgan fingerprint density at radius 1 is 1.20 bits per heavy atom. The third kappa shape index (κ3) is 1.97. The Morgan fingerprint density at radius 2 is 1.75 bits per heavy atom. The van der Waals surface area contributed by atoms with Gasteiger partial charge in [0.2, 0.25) is 0 Å². The molecule has 20 heavy (non-hydrogen) atoms. The van der Waals surface area contributed by atoms with Gasteiger partial charge in [0.05, 0.1) is 15.2 Å². The minimum Gasteiger partial charge on any atom is -0.467 e. The molecule has 1 unspecified atom stereocenters. The van der Waals surface area contributed by atoms with Crippen LogP contribution in [0.2, 0.25) is 18.1 Å². The molecule has 1 aromatic carbocycles. The maximum absolute atomic E-state index is 12.6. The standard InChI is InChI=1S/C16H25NO2Si/c1-5-20(6-2,7-3)16(15(18)19-4)13-17(16)14-11-9-8-10-12-14/h8-12H,5-7,13H2,1-4H3. The van der Waals surface area contributed by atoms with E-state index >= 15 is 0 Å². The minimum absolute atomic E-state index is 0.0291. The molecule has 0 aliphatic carbocycles. The van der Waals surface area contributed by atoms with Crippen LogP contribution in [0, 0.1) is 0 Å². The second-order valence-corrected chi connectivity index (χ2v) is 11.1. The van der Waals surface area contributed by atoms with Crippen LogP contribution in [0.5, 0.6) is 0 Å². The van der Waals surface area contributed by atoms with Crippen LogP contribution in [0.4, 0.5) is 5.69 Å². The van der Waals surface area contributed by atoms with Crippen molar-refractivity contribution in [1.82, 2.24) is 0 Å². The highest BCUT2D eigenvalue weighted by Gasteiger charge is 2.70. The van der Waals surface area contributed by atoms with Gasteiger partial charge >= 0.3 is 5.97 Å². The molecule has 0 amide bonds. The van der Waals surface area contributed by atoms with Crippen LogP contribution >= 0.6 is 0 Å². The summed E-state index contributed by atoms with van der Waals surface area (Å²) in [6, 6.07) is 13.6. The number of esters is 1. The Labute approximate surface area is 122 Å². The van der Waals surface area contributed by atoms with Crippen LogP contribution in [0.1, 0.15) is 20.8 Å². The first-order valence-electron chi connectivity index (χ1n) is 7.53. The van der Waals surface area contributed by atoms with E-state index in [-0.39, 0.29) is 11.1 Å². The van der Waals surface area contributed by atoms with E-state index in [1.54, 1.807) is 0 Å². The van der Waals surface area contributed by atoms with E-state index in [4.69, 9.17) is 4.74 Å². The molecule has 1 aromatic rings. The summed E-state index contributed by atoms with van der Waals surface area (Å²) in [5, 5.41) is -0.346. The van der Waals surface area contributed by atoms with Gasteiger partial charge in [-0.1, -0.05) is 57.1 Å². The molecular formula is C16H25NO2Si. The zero-order valence-electron chi connectivity index (χ0n) is 13.0. The first kappa shape index (κ1) is 15.1. The Hall–Kier alpha value is -1.29. The average Bonchev–Trinajstić information content (AvgIpc) is 3.27. The SMILES string of the molecule is CC[Si](CC)(CC)C1(C(=O)OC)CN1c1ccccc1. The summed E-state index contributed by atoms with van der Waals surface area (Å²) in [6.07, 6.45) is 0. The number of carbonyl (C=O) groups is 1. The third-order valence-electron chi connectivity index (χ3n) is 5.24. The molecular weight excluding hydrogens is 266 g/mol. The number of hydrogen-bond donors (Lipinski definition) is 0. The van der Waals surface area contributed by atoms with Gasteiger partial charge in [0.15, 0.2) is 0 Å². The van der Waals surface area contributed by atoms with Gasteiger partial charge in [-0.15, -0.1) is 0 Å². The highest BCUT2D eigenvalue weighted by atomic mass is 28.3. The monoisotopic (exact) mass is 291 g/mol.